The largest absolute Gasteiger partial charge is 0.465 e. The number of rotatable bonds is 10. The van der Waals surface area contributed by atoms with Crippen LogP contribution in [0.15, 0.2) is 37.4 Å². The Hall–Kier alpha value is -1.28. The molecule has 0 fully saturated rings. The molecule has 0 aliphatic heterocycles. The summed E-state index contributed by atoms with van der Waals surface area (Å²) < 4.78 is 12.7. The molecule has 0 heterocycles. The summed E-state index contributed by atoms with van der Waals surface area (Å²) in [4.78, 5) is 0. The Balaban J connectivity index is 0.00000407. The molecule has 2 heteroatoms. The van der Waals surface area contributed by atoms with Crippen LogP contribution in [-0.4, -0.2) is 12.4 Å². The van der Waals surface area contributed by atoms with Gasteiger partial charge in [0.25, 0.3) is 0 Å². The molecule has 1 aromatic rings. The summed E-state index contributed by atoms with van der Waals surface area (Å²) in [6, 6.07) is 8.63. The number of unbranched alkanes of at least 4 members (excludes halogenated alkanes) is 1. The number of hydrogen-bond donors (Lipinski definition) is 0. The first-order valence-corrected chi connectivity index (χ1v) is 11.7. The summed E-state index contributed by atoms with van der Waals surface area (Å²) >= 11 is 0. The van der Waals surface area contributed by atoms with Gasteiger partial charge in [-0.1, -0.05) is 94.2 Å². The highest BCUT2D eigenvalue weighted by molar-refractivity contribution is 5.33. The van der Waals surface area contributed by atoms with Crippen LogP contribution in [0.3, 0.4) is 0 Å². The van der Waals surface area contributed by atoms with Crippen LogP contribution in [0.2, 0.25) is 0 Å². The monoisotopic (exact) mass is 418 g/mol. The van der Waals surface area contributed by atoms with Crippen molar-refractivity contribution >= 4 is 0 Å². The summed E-state index contributed by atoms with van der Waals surface area (Å²) in [7, 11) is 0. The molecule has 2 nitrogen and oxygen atoms in total. The molecule has 30 heavy (non-hydrogen) atoms. The first-order valence-electron chi connectivity index (χ1n) is 11.7. The van der Waals surface area contributed by atoms with Crippen LogP contribution in [0, 0.1) is 10.8 Å². The predicted octanol–water partition coefficient (Wildman–Crippen LogP) is 8.94. The maximum absolute atomic E-state index is 6.41. The molecule has 0 aliphatic rings. The lowest BCUT2D eigenvalue weighted by atomic mass is 9.65. The average molecular weight is 419 g/mol. The summed E-state index contributed by atoms with van der Waals surface area (Å²) in [5, 5.41) is 0. The fourth-order valence-electron chi connectivity index (χ4n) is 3.17. The summed E-state index contributed by atoms with van der Waals surface area (Å²) in [5.74, 6) is 0.896. The molecule has 174 valence electrons. The average Bonchev–Trinajstić information content (AvgIpc) is 2.65. The van der Waals surface area contributed by atoms with E-state index in [1.165, 1.54) is 18.4 Å². The second-order valence-corrected chi connectivity index (χ2v) is 11.0. The zero-order valence-electron chi connectivity index (χ0n) is 21.7. The van der Waals surface area contributed by atoms with Crippen molar-refractivity contribution in [3.05, 3.63) is 43.0 Å². The van der Waals surface area contributed by atoms with Crippen LogP contribution in [0.4, 0.5) is 0 Å². The minimum absolute atomic E-state index is 0.0975. The van der Waals surface area contributed by atoms with E-state index in [1.807, 2.05) is 0 Å². The van der Waals surface area contributed by atoms with Gasteiger partial charge in [0.2, 0.25) is 6.29 Å². The maximum atomic E-state index is 6.41. The Morgan fingerprint density at radius 1 is 0.867 bits per heavy atom. The molecule has 0 saturated carbocycles. The second-order valence-electron chi connectivity index (χ2n) is 11.0. The van der Waals surface area contributed by atoms with E-state index in [0.717, 1.165) is 25.0 Å². The lowest BCUT2D eigenvalue weighted by Gasteiger charge is -2.39. The van der Waals surface area contributed by atoms with Crippen molar-refractivity contribution in [3.63, 3.8) is 0 Å². The van der Waals surface area contributed by atoms with Crippen LogP contribution in [0.25, 0.3) is 0 Å². The molecule has 0 aliphatic carbocycles. The van der Waals surface area contributed by atoms with Crippen molar-refractivity contribution in [3.8, 4) is 5.75 Å². The predicted molar refractivity (Wildman–Crippen MR) is 133 cm³/mol. The second kappa shape index (κ2) is 12.5. The third kappa shape index (κ3) is 9.69. The molecule has 0 bridgehead atoms. The van der Waals surface area contributed by atoms with E-state index in [-0.39, 0.29) is 28.6 Å². The lowest BCUT2D eigenvalue weighted by Crippen LogP contribution is -2.34. The van der Waals surface area contributed by atoms with Crippen molar-refractivity contribution < 1.29 is 9.47 Å². The van der Waals surface area contributed by atoms with Gasteiger partial charge >= 0.3 is 0 Å². The van der Waals surface area contributed by atoms with Gasteiger partial charge in [-0.05, 0) is 46.8 Å². The molecule has 0 radical (unpaired) electrons. The van der Waals surface area contributed by atoms with E-state index in [2.05, 4.69) is 107 Å². The van der Waals surface area contributed by atoms with Gasteiger partial charge < -0.3 is 9.47 Å². The molecule has 0 N–H and O–H groups in total. The zero-order valence-corrected chi connectivity index (χ0v) is 21.7. The molecule has 0 amide bonds. The van der Waals surface area contributed by atoms with Gasteiger partial charge in [0.1, 0.15) is 5.75 Å². The van der Waals surface area contributed by atoms with Gasteiger partial charge in [-0.15, -0.1) is 13.2 Å². The van der Waals surface area contributed by atoms with Gasteiger partial charge in [0.05, 0.1) is 6.10 Å². The minimum Gasteiger partial charge on any atom is -0.465 e. The SMILES string of the molecule is C=C.CCCCC(CC)OC(CC(C)(C)C)Oc1ccc(C(C)(C)C(C)(C)C)cc1. The Bertz CT molecular complexity index is 572. The van der Waals surface area contributed by atoms with E-state index in [4.69, 9.17) is 9.47 Å². The number of ether oxygens (including phenoxy) is 2. The van der Waals surface area contributed by atoms with E-state index in [9.17, 15) is 0 Å². The van der Waals surface area contributed by atoms with E-state index in [1.54, 1.807) is 0 Å². The molecule has 1 aromatic carbocycles. The van der Waals surface area contributed by atoms with E-state index >= 15 is 0 Å². The molecule has 0 spiro atoms. The minimum atomic E-state index is -0.205. The molecule has 1 rings (SSSR count). The normalized spacial score (nSPS) is 14.5. The third-order valence-corrected chi connectivity index (χ3v) is 6.18. The summed E-state index contributed by atoms with van der Waals surface area (Å²) in [5.41, 5.74) is 1.79. The molecular weight excluding hydrogens is 368 g/mol. The first kappa shape index (κ1) is 28.7. The Morgan fingerprint density at radius 2 is 1.40 bits per heavy atom. The van der Waals surface area contributed by atoms with E-state index in [0.29, 0.717) is 0 Å². The maximum Gasteiger partial charge on any atom is 0.200 e. The van der Waals surface area contributed by atoms with Crippen LogP contribution in [0.5, 0.6) is 5.75 Å². The van der Waals surface area contributed by atoms with Gasteiger partial charge in [-0.2, -0.15) is 0 Å². The fourth-order valence-corrected chi connectivity index (χ4v) is 3.17. The van der Waals surface area contributed by atoms with Crippen LogP contribution >= 0.6 is 0 Å². The number of benzene rings is 1. The highest BCUT2D eigenvalue weighted by Gasteiger charge is 2.34. The van der Waals surface area contributed by atoms with Gasteiger partial charge in [0.15, 0.2) is 0 Å². The van der Waals surface area contributed by atoms with Crippen LogP contribution in [0.1, 0.15) is 107 Å². The highest BCUT2D eigenvalue weighted by Crippen LogP contribution is 2.41. The van der Waals surface area contributed by atoms with E-state index < -0.39 is 0 Å². The Labute approximate surface area is 188 Å². The summed E-state index contributed by atoms with van der Waals surface area (Å²) in [6.07, 6.45) is 5.49. The number of hydrogen-bond acceptors (Lipinski definition) is 2. The van der Waals surface area contributed by atoms with Crippen molar-refractivity contribution in [2.24, 2.45) is 10.8 Å². The third-order valence-electron chi connectivity index (χ3n) is 6.18. The summed E-state index contributed by atoms with van der Waals surface area (Å²) in [6.45, 7) is 28.7. The molecular formula is C28H50O2. The Morgan fingerprint density at radius 3 is 1.80 bits per heavy atom. The molecule has 0 aromatic heterocycles. The Kier molecular flexibility index (Phi) is 12.0. The van der Waals surface area contributed by atoms with Crippen molar-refractivity contribution in [1.29, 1.82) is 0 Å². The molecule has 2 unspecified atom stereocenters. The van der Waals surface area contributed by atoms with Crippen LogP contribution in [-0.2, 0) is 10.2 Å². The first-order chi connectivity index (χ1) is 13.8. The van der Waals surface area contributed by atoms with Gasteiger partial charge in [0, 0.05) is 6.42 Å². The standard InChI is InChI=1S/C26H46O2.C2H4/c1-11-13-14-21(12-2)27-23(19-24(3,4)5)28-22-17-15-20(16-18-22)26(9,10)25(6,7)8;1-2/h15-18,21,23H,11-14,19H2,1-10H3;1-2H2. The van der Waals surface area contributed by atoms with Gasteiger partial charge in [-0.25, -0.2) is 0 Å². The zero-order chi connectivity index (χ0) is 23.6. The van der Waals surface area contributed by atoms with Gasteiger partial charge in [-0.3, -0.25) is 0 Å². The van der Waals surface area contributed by atoms with Crippen molar-refractivity contribution in [2.75, 3.05) is 0 Å². The quantitative estimate of drug-likeness (QED) is 0.279. The highest BCUT2D eigenvalue weighted by atomic mass is 16.7. The van der Waals surface area contributed by atoms with Crippen molar-refractivity contribution in [2.45, 2.75) is 119 Å². The fraction of sp³-hybridized carbons (Fsp3) is 0.714. The topological polar surface area (TPSA) is 18.5 Å². The lowest BCUT2D eigenvalue weighted by molar-refractivity contribution is -0.137. The van der Waals surface area contributed by atoms with Crippen LogP contribution < -0.4 is 4.74 Å². The smallest absolute Gasteiger partial charge is 0.200 e. The van der Waals surface area contributed by atoms with Crippen molar-refractivity contribution in [1.82, 2.24) is 0 Å². The molecule has 0 saturated heterocycles. The molecule has 2 atom stereocenters.